The summed E-state index contributed by atoms with van der Waals surface area (Å²) in [6, 6.07) is 24.4. The van der Waals surface area contributed by atoms with Crippen molar-refractivity contribution in [3.05, 3.63) is 95.6 Å². The molecule has 2 amide bonds. The van der Waals surface area contributed by atoms with Gasteiger partial charge in [-0.15, -0.1) is 0 Å². The molecule has 154 valence electrons. The van der Waals surface area contributed by atoms with E-state index in [1.54, 1.807) is 36.2 Å². The van der Waals surface area contributed by atoms with Crippen molar-refractivity contribution in [1.29, 1.82) is 0 Å². The summed E-state index contributed by atoms with van der Waals surface area (Å²) in [5.74, 6) is 0.257. The quantitative estimate of drug-likeness (QED) is 0.602. The van der Waals surface area contributed by atoms with Gasteiger partial charge in [-0.25, -0.2) is 0 Å². The molecule has 0 aliphatic carbocycles. The summed E-state index contributed by atoms with van der Waals surface area (Å²) in [4.78, 5) is 26.6. The van der Waals surface area contributed by atoms with Gasteiger partial charge < -0.3 is 15.0 Å². The molecule has 0 heterocycles. The molecule has 0 radical (unpaired) electrons. The highest BCUT2D eigenvalue weighted by atomic mass is 16.5. The largest absolute Gasteiger partial charge is 0.484 e. The molecule has 0 saturated carbocycles. The minimum absolute atomic E-state index is 0.0996. The maximum Gasteiger partial charge on any atom is 0.262 e. The Kier molecular flexibility index (Phi) is 7.22. The van der Waals surface area contributed by atoms with Gasteiger partial charge in [-0.2, -0.15) is 0 Å². The summed E-state index contributed by atoms with van der Waals surface area (Å²) >= 11 is 0. The molecule has 0 spiro atoms. The highest BCUT2D eigenvalue weighted by molar-refractivity contribution is 5.97. The molecule has 3 aromatic carbocycles. The molecule has 0 bridgehead atoms. The summed E-state index contributed by atoms with van der Waals surface area (Å²) in [6.45, 7) is 2.50. The first-order valence-corrected chi connectivity index (χ1v) is 9.96. The van der Waals surface area contributed by atoms with E-state index in [1.807, 2.05) is 54.6 Å². The van der Waals surface area contributed by atoms with Crippen molar-refractivity contribution in [3.63, 3.8) is 0 Å². The van der Waals surface area contributed by atoms with Gasteiger partial charge in [0.05, 0.1) is 0 Å². The zero-order valence-electron chi connectivity index (χ0n) is 17.3. The number of hydrogen-bond donors (Lipinski definition) is 1. The highest BCUT2D eigenvalue weighted by Crippen LogP contribution is 2.15. The summed E-state index contributed by atoms with van der Waals surface area (Å²) < 4.78 is 5.53. The molecule has 0 atom stereocenters. The third-order valence-corrected chi connectivity index (χ3v) is 4.70. The maximum absolute atomic E-state index is 12.7. The van der Waals surface area contributed by atoms with E-state index in [0.29, 0.717) is 23.5 Å². The minimum Gasteiger partial charge on any atom is -0.484 e. The monoisotopic (exact) mass is 402 g/mol. The van der Waals surface area contributed by atoms with Crippen LogP contribution in [-0.4, -0.2) is 30.4 Å². The second-order valence-corrected chi connectivity index (χ2v) is 7.06. The lowest BCUT2D eigenvalue weighted by molar-refractivity contribution is -0.118. The standard InChI is InChI=1S/C25H26N2O3/c1-3-19-12-14-23(15-13-19)30-18-24(28)26-22-11-7-10-21(16-22)25(29)27(2)17-20-8-5-4-6-9-20/h4-16H,3,17-18H2,1-2H3,(H,26,28). The van der Waals surface area contributed by atoms with Gasteiger partial charge in [0.15, 0.2) is 6.61 Å². The number of hydrogen-bond acceptors (Lipinski definition) is 3. The summed E-state index contributed by atoms with van der Waals surface area (Å²) in [7, 11) is 1.76. The number of benzene rings is 3. The Bertz CT molecular complexity index is 985. The van der Waals surface area contributed by atoms with Crippen LogP contribution < -0.4 is 10.1 Å². The first-order valence-electron chi connectivity index (χ1n) is 9.96. The third kappa shape index (κ3) is 5.95. The molecule has 0 aliphatic heterocycles. The Labute approximate surface area is 177 Å². The molecule has 0 saturated heterocycles. The number of rotatable bonds is 8. The molecule has 0 aromatic heterocycles. The minimum atomic E-state index is -0.281. The van der Waals surface area contributed by atoms with Crippen LogP contribution in [-0.2, 0) is 17.8 Å². The summed E-state index contributed by atoms with van der Waals surface area (Å²) in [5.41, 5.74) is 3.35. The zero-order valence-corrected chi connectivity index (χ0v) is 17.3. The second kappa shape index (κ2) is 10.3. The summed E-state index contributed by atoms with van der Waals surface area (Å²) in [6.07, 6.45) is 0.955. The second-order valence-electron chi connectivity index (χ2n) is 7.06. The van der Waals surface area contributed by atoms with E-state index in [4.69, 9.17) is 4.74 Å². The van der Waals surface area contributed by atoms with E-state index in [1.165, 1.54) is 5.56 Å². The van der Waals surface area contributed by atoms with Crippen molar-refractivity contribution < 1.29 is 14.3 Å². The van der Waals surface area contributed by atoms with Gasteiger partial charge in [0.25, 0.3) is 11.8 Å². The average Bonchev–Trinajstić information content (AvgIpc) is 2.78. The lowest BCUT2D eigenvalue weighted by Gasteiger charge is -2.18. The fourth-order valence-electron chi connectivity index (χ4n) is 3.05. The number of nitrogens with zero attached hydrogens (tertiary/aromatic N) is 1. The number of anilines is 1. The Balaban J connectivity index is 1.56. The molecule has 0 aliphatic rings. The molecule has 0 fully saturated rings. The molecule has 5 nitrogen and oxygen atoms in total. The van der Waals surface area contributed by atoms with Crippen molar-refractivity contribution in [3.8, 4) is 5.75 Å². The van der Waals surface area contributed by atoms with Gasteiger partial charge in [0.2, 0.25) is 0 Å². The van der Waals surface area contributed by atoms with Gasteiger partial charge >= 0.3 is 0 Å². The topological polar surface area (TPSA) is 58.6 Å². The predicted molar refractivity (Wildman–Crippen MR) is 119 cm³/mol. The first kappa shape index (κ1) is 21.1. The summed E-state index contributed by atoms with van der Waals surface area (Å²) in [5, 5.41) is 2.78. The normalized spacial score (nSPS) is 10.3. The highest BCUT2D eigenvalue weighted by Gasteiger charge is 2.13. The van der Waals surface area contributed by atoms with Crippen molar-refractivity contribution in [2.75, 3.05) is 19.0 Å². The van der Waals surface area contributed by atoms with E-state index in [2.05, 4.69) is 12.2 Å². The van der Waals surface area contributed by atoms with Crippen LogP contribution in [0.2, 0.25) is 0 Å². The Morgan fingerprint density at radius 1 is 0.900 bits per heavy atom. The predicted octanol–water partition coefficient (Wildman–Crippen LogP) is 4.54. The van der Waals surface area contributed by atoms with Crippen molar-refractivity contribution >= 4 is 17.5 Å². The van der Waals surface area contributed by atoms with Gasteiger partial charge in [-0.1, -0.05) is 55.5 Å². The molecule has 30 heavy (non-hydrogen) atoms. The van der Waals surface area contributed by atoms with Crippen LogP contribution in [0.25, 0.3) is 0 Å². The van der Waals surface area contributed by atoms with E-state index in [9.17, 15) is 9.59 Å². The SMILES string of the molecule is CCc1ccc(OCC(=O)Nc2cccc(C(=O)N(C)Cc3ccccc3)c2)cc1. The Morgan fingerprint density at radius 3 is 2.33 bits per heavy atom. The van der Waals surface area contributed by atoms with Crippen LogP contribution in [0.1, 0.15) is 28.4 Å². The van der Waals surface area contributed by atoms with Crippen LogP contribution >= 0.6 is 0 Å². The number of nitrogens with one attached hydrogen (secondary N) is 1. The fraction of sp³-hybridized carbons (Fsp3) is 0.200. The number of amides is 2. The van der Waals surface area contributed by atoms with E-state index >= 15 is 0 Å². The Morgan fingerprint density at radius 2 is 1.63 bits per heavy atom. The molecular formula is C25H26N2O3. The average molecular weight is 402 g/mol. The van der Waals surface area contributed by atoms with Crippen LogP contribution in [0, 0.1) is 0 Å². The van der Waals surface area contributed by atoms with Gasteiger partial charge in [0.1, 0.15) is 5.75 Å². The lowest BCUT2D eigenvalue weighted by atomic mass is 10.1. The number of ether oxygens (including phenoxy) is 1. The smallest absolute Gasteiger partial charge is 0.262 e. The van der Waals surface area contributed by atoms with E-state index in [-0.39, 0.29) is 18.4 Å². The zero-order chi connectivity index (χ0) is 21.3. The Hall–Kier alpha value is -3.60. The lowest BCUT2D eigenvalue weighted by Crippen LogP contribution is -2.26. The molecule has 0 unspecified atom stereocenters. The number of aryl methyl sites for hydroxylation is 1. The van der Waals surface area contributed by atoms with Crippen molar-refractivity contribution in [2.45, 2.75) is 19.9 Å². The van der Waals surface area contributed by atoms with Gasteiger partial charge in [0, 0.05) is 24.8 Å². The van der Waals surface area contributed by atoms with Crippen LogP contribution in [0.5, 0.6) is 5.75 Å². The van der Waals surface area contributed by atoms with Gasteiger partial charge in [-0.05, 0) is 47.9 Å². The van der Waals surface area contributed by atoms with Crippen LogP contribution in [0.4, 0.5) is 5.69 Å². The molecule has 3 aromatic rings. The number of carbonyl (C=O) groups excluding carboxylic acids is 2. The van der Waals surface area contributed by atoms with Crippen molar-refractivity contribution in [1.82, 2.24) is 4.90 Å². The first-order chi connectivity index (χ1) is 14.5. The molecule has 1 N–H and O–H groups in total. The van der Waals surface area contributed by atoms with E-state index in [0.717, 1.165) is 12.0 Å². The van der Waals surface area contributed by atoms with Crippen molar-refractivity contribution in [2.24, 2.45) is 0 Å². The fourth-order valence-corrected chi connectivity index (χ4v) is 3.05. The van der Waals surface area contributed by atoms with Crippen LogP contribution in [0.3, 0.4) is 0 Å². The van der Waals surface area contributed by atoms with Crippen LogP contribution in [0.15, 0.2) is 78.9 Å². The maximum atomic E-state index is 12.7. The third-order valence-electron chi connectivity index (χ3n) is 4.70. The molecule has 5 heteroatoms. The van der Waals surface area contributed by atoms with E-state index < -0.39 is 0 Å². The molecule has 3 rings (SSSR count). The molecular weight excluding hydrogens is 376 g/mol. The van der Waals surface area contributed by atoms with Gasteiger partial charge in [-0.3, -0.25) is 9.59 Å². The number of carbonyl (C=O) groups is 2.